The first-order valence-corrected chi connectivity index (χ1v) is 6.72. The summed E-state index contributed by atoms with van der Waals surface area (Å²) in [5.41, 5.74) is 1.53. The molecular formula is C15H23NO2. The van der Waals surface area contributed by atoms with Gasteiger partial charge < -0.3 is 14.8 Å². The zero-order chi connectivity index (χ0) is 12.8. The number of hydrogen-bond donors (Lipinski definition) is 1. The lowest BCUT2D eigenvalue weighted by atomic mass is 9.84. The van der Waals surface area contributed by atoms with Crippen molar-refractivity contribution in [2.24, 2.45) is 5.41 Å². The quantitative estimate of drug-likeness (QED) is 0.888. The Balaban J connectivity index is 1.98. The van der Waals surface area contributed by atoms with E-state index < -0.39 is 0 Å². The van der Waals surface area contributed by atoms with Crippen molar-refractivity contribution < 1.29 is 9.47 Å². The lowest BCUT2D eigenvalue weighted by Crippen LogP contribution is -2.34. The van der Waals surface area contributed by atoms with Gasteiger partial charge in [-0.05, 0) is 31.0 Å². The van der Waals surface area contributed by atoms with Crippen molar-refractivity contribution in [2.75, 3.05) is 32.9 Å². The third kappa shape index (κ3) is 3.72. The van der Waals surface area contributed by atoms with Gasteiger partial charge in [-0.1, -0.05) is 19.1 Å². The normalized spacial score (nSPS) is 24.6. The summed E-state index contributed by atoms with van der Waals surface area (Å²) in [7, 11) is 0. The summed E-state index contributed by atoms with van der Waals surface area (Å²) < 4.78 is 11.1. The van der Waals surface area contributed by atoms with Crippen molar-refractivity contribution >= 4 is 0 Å². The lowest BCUT2D eigenvalue weighted by molar-refractivity contribution is 0.0796. The molecule has 1 aromatic carbocycles. The molecule has 1 aromatic rings. The standard InChI is InChI=1S/C15H23NO2/c1-3-18-14-6-4-13(5-7-14)10-15(2)11-16-8-9-17-12-15/h4-7,16H,3,8-12H2,1-2H3. The van der Waals surface area contributed by atoms with Crippen LogP contribution in [0.5, 0.6) is 5.75 Å². The molecule has 1 aliphatic heterocycles. The zero-order valence-electron chi connectivity index (χ0n) is 11.4. The highest BCUT2D eigenvalue weighted by Crippen LogP contribution is 2.24. The second kappa shape index (κ2) is 6.21. The fraction of sp³-hybridized carbons (Fsp3) is 0.600. The van der Waals surface area contributed by atoms with E-state index in [9.17, 15) is 0 Å². The van der Waals surface area contributed by atoms with Crippen LogP contribution < -0.4 is 10.1 Å². The third-order valence-electron chi connectivity index (χ3n) is 3.29. The lowest BCUT2D eigenvalue weighted by Gasteiger charge is -2.27. The van der Waals surface area contributed by atoms with Crippen molar-refractivity contribution in [3.63, 3.8) is 0 Å². The Hall–Kier alpha value is -1.06. The number of benzene rings is 1. The van der Waals surface area contributed by atoms with E-state index in [0.29, 0.717) is 0 Å². The van der Waals surface area contributed by atoms with Crippen LogP contribution in [-0.4, -0.2) is 32.9 Å². The first-order chi connectivity index (χ1) is 8.72. The highest BCUT2D eigenvalue weighted by molar-refractivity contribution is 5.28. The van der Waals surface area contributed by atoms with Crippen molar-refractivity contribution in [3.05, 3.63) is 29.8 Å². The van der Waals surface area contributed by atoms with Crippen LogP contribution >= 0.6 is 0 Å². The molecule has 0 aliphatic carbocycles. The maximum atomic E-state index is 5.66. The fourth-order valence-corrected chi connectivity index (χ4v) is 2.38. The predicted molar refractivity (Wildman–Crippen MR) is 73.1 cm³/mol. The van der Waals surface area contributed by atoms with E-state index in [1.807, 2.05) is 19.1 Å². The highest BCUT2D eigenvalue weighted by atomic mass is 16.5. The summed E-state index contributed by atoms with van der Waals surface area (Å²) in [4.78, 5) is 0. The van der Waals surface area contributed by atoms with E-state index in [2.05, 4.69) is 24.4 Å². The van der Waals surface area contributed by atoms with E-state index in [-0.39, 0.29) is 5.41 Å². The highest BCUT2D eigenvalue weighted by Gasteiger charge is 2.26. The van der Waals surface area contributed by atoms with Crippen molar-refractivity contribution in [3.8, 4) is 5.75 Å². The maximum absolute atomic E-state index is 5.66. The molecule has 0 amide bonds. The number of hydrogen-bond acceptors (Lipinski definition) is 3. The second-order valence-electron chi connectivity index (χ2n) is 5.29. The molecule has 0 bridgehead atoms. The predicted octanol–water partition coefficient (Wildman–Crippen LogP) is 2.25. The molecule has 1 fully saturated rings. The van der Waals surface area contributed by atoms with Gasteiger partial charge in [-0.2, -0.15) is 0 Å². The second-order valence-corrected chi connectivity index (χ2v) is 5.29. The molecule has 100 valence electrons. The minimum Gasteiger partial charge on any atom is -0.494 e. The van der Waals surface area contributed by atoms with Crippen LogP contribution in [0.1, 0.15) is 19.4 Å². The number of rotatable bonds is 4. The van der Waals surface area contributed by atoms with Gasteiger partial charge in [-0.25, -0.2) is 0 Å². The van der Waals surface area contributed by atoms with Gasteiger partial charge in [0.1, 0.15) is 5.75 Å². The van der Waals surface area contributed by atoms with Crippen LogP contribution in [0.4, 0.5) is 0 Å². The Morgan fingerprint density at radius 2 is 2.11 bits per heavy atom. The SMILES string of the molecule is CCOc1ccc(CC2(C)CNCCOC2)cc1. The molecule has 0 spiro atoms. The smallest absolute Gasteiger partial charge is 0.119 e. The van der Waals surface area contributed by atoms with E-state index in [1.165, 1.54) is 5.56 Å². The summed E-state index contributed by atoms with van der Waals surface area (Å²) in [6.07, 6.45) is 1.03. The molecule has 3 nitrogen and oxygen atoms in total. The minimum absolute atomic E-state index is 0.184. The summed E-state index contributed by atoms with van der Waals surface area (Å²) in [5.74, 6) is 0.946. The molecule has 0 saturated carbocycles. The van der Waals surface area contributed by atoms with E-state index in [4.69, 9.17) is 9.47 Å². The van der Waals surface area contributed by atoms with Crippen molar-refractivity contribution in [1.29, 1.82) is 0 Å². The van der Waals surface area contributed by atoms with Gasteiger partial charge >= 0.3 is 0 Å². The Kier molecular flexibility index (Phi) is 4.61. The molecule has 1 atom stereocenters. The topological polar surface area (TPSA) is 30.5 Å². The monoisotopic (exact) mass is 249 g/mol. The van der Waals surface area contributed by atoms with Crippen LogP contribution in [0.25, 0.3) is 0 Å². The van der Waals surface area contributed by atoms with Gasteiger partial charge in [0, 0.05) is 18.5 Å². The number of ether oxygens (including phenoxy) is 2. The summed E-state index contributed by atoms with van der Waals surface area (Å²) in [6, 6.07) is 8.41. The van der Waals surface area contributed by atoms with Gasteiger partial charge in [-0.15, -0.1) is 0 Å². The van der Waals surface area contributed by atoms with Crippen molar-refractivity contribution in [2.45, 2.75) is 20.3 Å². The first-order valence-electron chi connectivity index (χ1n) is 6.72. The molecule has 18 heavy (non-hydrogen) atoms. The Morgan fingerprint density at radius 3 is 2.83 bits per heavy atom. The average molecular weight is 249 g/mol. The van der Waals surface area contributed by atoms with Gasteiger partial charge in [0.25, 0.3) is 0 Å². The van der Waals surface area contributed by atoms with E-state index >= 15 is 0 Å². The average Bonchev–Trinajstić information content (AvgIpc) is 2.57. The molecule has 1 unspecified atom stereocenters. The fourth-order valence-electron chi connectivity index (χ4n) is 2.38. The van der Waals surface area contributed by atoms with Gasteiger partial charge in [0.2, 0.25) is 0 Å². The molecule has 1 aliphatic rings. The van der Waals surface area contributed by atoms with Crippen LogP contribution in [0.2, 0.25) is 0 Å². The van der Waals surface area contributed by atoms with Crippen LogP contribution in [0, 0.1) is 5.41 Å². The molecule has 1 heterocycles. The summed E-state index contributed by atoms with van der Waals surface area (Å²) >= 11 is 0. The Labute approximate surface area is 109 Å². The molecule has 1 saturated heterocycles. The largest absolute Gasteiger partial charge is 0.494 e. The number of nitrogens with one attached hydrogen (secondary N) is 1. The third-order valence-corrected chi connectivity index (χ3v) is 3.29. The maximum Gasteiger partial charge on any atom is 0.119 e. The first kappa shape index (κ1) is 13.4. The van der Waals surface area contributed by atoms with Crippen LogP contribution in [0.15, 0.2) is 24.3 Å². The Morgan fingerprint density at radius 1 is 1.33 bits per heavy atom. The molecular weight excluding hydrogens is 226 g/mol. The molecule has 1 N–H and O–H groups in total. The van der Waals surface area contributed by atoms with E-state index in [1.54, 1.807) is 0 Å². The van der Waals surface area contributed by atoms with E-state index in [0.717, 1.165) is 45.1 Å². The molecule has 0 radical (unpaired) electrons. The molecule has 2 rings (SSSR count). The van der Waals surface area contributed by atoms with Crippen LogP contribution in [0.3, 0.4) is 0 Å². The molecule has 0 aromatic heterocycles. The summed E-state index contributed by atoms with van der Waals surface area (Å²) in [5, 5.41) is 3.44. The minimum atomic E-state index is 0.184. The zero-order valence-corrected chi connectivity index (χ0v) is 11.4. The Bertz CT molecular complexity index is 353. The van der Waals surface area contributed by atoms with Crippen LogP contribution in [-0.2, 0) is 11.2 Å². The van der Waals surface area contributed by atoms with Gasteiger partial charge in [0.15, 0.2) is 0 Å². The van der Waals surface area contributed by atoms with Crippen molar-refractivity contribution in [1.82, 2.24) is 5.32 Å². The van der Waals surface area contributed by atoms with Gasteiger partial charge in [0.05, 0.1) is 19.8 Å². The van der Waals surface area contributed by atoms with Gasteiger partial charge in [-0.3, -0.25) is 0 Å². The molecule has 3 heteroatoms. The summed E-state index contributed by atoms with van der Waals surface area (Å²) in [6.45, 7) is 8.62.